The largest absolute Gasteiger partial charge is 0.307 e. The van der Waals surface area contributed by atoms with Crippen LogP contribution >= 0.6 is 0 Å². The van der Waals surface area contributed by atoms with Crippen LogP contribution in [0.15, 0.2) is 188 Å². The van der Waals surface area contributed by atoms with Crippen LogP contribution in [-0.4, -0.2) is 24.1 Å². The van der Waals surface area contributed by atoms with E-state index in [1.807, 2.05) is 12.1 Å². The van der Waals surface area contributed by atoms with Gasteiger partial charge in [0.1, 0.15) is 0 Å². The minimum Gasteiger partial charge on any atom is -0.307 e. The molecule has 0 N–H and O–H groups in total. The molecule has 0 saturated heterocycles. The fraction of sp³-hybridized carbons (Fsp3) is 0.121. The Labute approximate surface area is 367 Å². The molecule has 5 heteroatoms. The second kappa shape index (κ2) is 13.9. The van der Waals surface area contributed by atoms with Crippen molar-refractivity contribution < 1.29 is 0 Å². The summed E-state index contributed by atoms with van der Waals surface area (Å²) in [7, 11) is 0. The molecule has 0 aliphatic heterocycles. The van der Waals surface area contributed by atoms with Gasteiger partial charge in [-0.2, -0.15) is 9.97 Å². The Balaban J connectivity index is 1.14. The lowest BCUT2D eigenvalue weighted by Crippen LogP contribution is -2.18. The van der Waals surface area contributed by atoms with E-state index in [4.69, 9.17) is 15.0 Å². The molecule has 0 atom stereocenters. The monoisotopic (exact) mass is 811 g/mol. The number of fused-ring (bicyclic) bond motifs is 8. The SMILES string of the molecule is CC1(C)CC(C)(C)c2cc(-n3c4ccccc4c4ccc5c6ccccc6n(-c6nc(-c7ccc(-c8ccccc8)cc7)nc(-c7ccc(-c8ccccc8)cc7)n6)c5c43)ccc21. The van der Waals surface area contributed by atoms with Crippen molar-refractivity contribution in [2.45, 2.75) is 44.9 Å². The zero-order valence-electron chi connectivity index (χ0n) is 35.8. The van der Waals surface area contributed by atoms with Gasteiger partial charge in [0.05, 0.1) is 22.1 Å². The fourth-order valence-corrected chi connectivity index (χ4v) is 10.7. The van der Waals surface area contributed by atoms with E-state index in [1.54, 1.807) is 0 Å². The standard InChI is InChI=1S/C58H45N5/c1-57(2)36-58(3,4)49-35-43(31-34-48(49)57)62-50-21-13-11-19-44(50)46-32-33-47-45-20-12-14-22-51(45)63(53(47)52(46)62)56-60-54(41-27-23-39(24-28-41)37-15-7-5-8-16-37)59-55(61-56)42-29-25-40(26-30-42)38-17-9-6-10-18-38/h5-35H,36H2,1-4H3. The van der Waals surface area contributed by atoms with Crippen LogP contribution < -0.4 is 0 Å². The van der Waals surface area contributed by atoms with Crippen molar-refractivity contribution in [2.75, 3.05) is 0 Å². The molecule has 11 aromatic rings. The maximum atomic E-state index is 5.42. The molecule has 0 bridgehead atoms. The summed E-state index contributed by atoms with van der Waals surface area (Å²) in [6.45, 7) is 9.56. The molecular weight excluding hydrogens is 767 g/mol. The van der Waals surface area contributed by atoms with Crippen molar-refractivity contribution in [1.82, 2.24) is 24.1 Å². The maximum Gasteiger partial charge on any atom is 0.238 e. The van der Waals surface area contributed by atoms with Gasteiger partial charge in [0.15, 0.2) is 11.6 Å². The Morgan fingerprint density at radius 1 is 0.365 bits per heavy atom. The van der Waals surface area contributed by atoms with E-state index < -0.39 is 0 Å². The Kier molecular flexibility index (Phi) is 8.23. The number of para-hydroxylation sites is 2. The summed E-state index contributed by atoms with van der Waals surface area (Å²) in [5.41, 5.74) is 15.0. The molecule has 302 valence electrons. The van der Waals surface area contributed by atoms with Gasteiger partial charge in [-0.1, -0.05) is 191 Å². The summed E-state index contributed by atoms with van der Waals surface area (Å²) in [6, 6.07) is 67.3. The van der Waals surface area contributed by atoms with Crippen molar-refractivity contribution in [2.24, 2.45) is 0 Å². The van der Waals surface area contributed by atoms with E-state index in [-0.39, 0.29) is 10.8 Å². The molecular formula is C58H45N5. The summed E-state index contributed by atoms with van der Waals surface area (Å²) in [6.07, 6.45) is 1.11. The molecule has 0 saturated carbocycles. The van der Waals surface area contributed by atoms with Crippen LogP contribution in [0.2, 0.25) is 0 Å². The highest BCUT2D eigenvalue weighted by atomic mass is 15.2. The van der Waals surface area contributed by atoms with Gasteiger partial charge in [-0.25, -0.2) is 4.98 Å². The average molecular weight is 812 g/mol. The number of hydrogen-bond acceptors (Lipinski definition) is 3. The van der Waals surface area contributed by atoms with Crippen molar-refractivity contribution >= 4 is 43.6 Å². The van der Waals surface area contributed by atoms with Gasteiger partial charge >= 0.3 is 0 Å². The molecule has 63 heavy (non-hydrogen) atoms. The van der Waals surface area contributed by atoms with E-state index in [0.717, 1.165) is 61.7 Å². The lowest BCUT2D eigenvalue weighted by molar-refractivity contribution is 0.403. The minimum atomic E-state index is 0.0497. The van der Waals surface area contributed by atoms with Gasteiger partial charge in [-0.15, -0.1) is 0 Å². The third-order valence-electron chi connectivity index (χ3n) is 13.4. The Hall–Kier alpha value is -7.63. The van der Waals surface area contributed by atoms with Gasteiger partial charge in [0, 0.05) is 38.4 Å². The van der Waals surface area contributed by atoms with Gasteiger partial charge < -0.3 is 4.57 Å². The van der Waals surface area contributed by atoms with Crippen LogP contribution in [0.4, 0.5) is 0 Å². The second-order valence-electron chi connectivity index (χ2n) is 18.4. The average Bonchev–Trinajstić information content (AvgIpc) is 3.91. The first kappa shape index (κ1) is 37.2. The van der Waals surface area contributed by atoms with Gasteiger partial charge in [0.25, 0.3) is 0 Å². The second-order valence-corrected chi connectivity index (χ2v) is 18.4. The van der Waals surface area contributed by atoms with E-state index in [1.165, 1.54) is 38.5 Å². The topological polar surface area (TPSA) is 48.5 Å². The first-order valence-corrected chi connectivity index (χ1v) is 21.9. The third kappa shape index (κ3) is 5.95. The number of benzene rings is 8. The summed E-state index contributed by atoms with van der Waals surface area (Å²) >= 11 is 0. The van der Waals surface area contributed by atoms with E-state index >= 15 is 0 Å². The lowest BCUT2D eigenvalue weighted by Gasteiger charge is -2.22. The molecule has 8 aromatic carbocycles. The minimum absolute atomic E-state index is 0.0497. The molecule has 3 aromatic heterocycles. The predicted octanol–water partition coefficient (Wildman–Crippen LogP) is 14.7. The highest BCUT2D eigenvalue weighted by Crippen LogP contribution is 2.50. The Morgan fingerprint density at radius 2 is 0.794 bits per heavy atom. The molecule has 0 amide bonds. The molecule has 0 fully saturated rings. The fourth-order valence-electron chi connectivity index (χ4n) is 10.7. The molecule has 0 spiro atoms. The highest BCUT2D eigenvalue weighted by Gasteiger charge is 2.42. The molecule has 0 unspecified atom stereocenters. The molecule has 1 aliphatic rings. The molecule has 1 aliphatic carbocycles. The van der Waals surface area contributed by atoms with Crippen LogP contribution in [0.3, 0.4) is 0 Å². The summed E-state index contributed by atoms with van der Waals surface area (Å²) in [5, 5.41) is 4.68. The number of nitrogens with zero attached hydrogens (tertiary/aromatic N) is 5. The van der Waals surface area contributed by atoms with Crippen molar-refractivity contribution in [3.8, 4) is 56.7 Å². The number of rotatable bonds is 6. The summed E-state index contributed by atoms with van der Waals surface area (Å²) in [5.74, 6) is 1.80. The first-order valence-electron chi connectivity index (χ1n) is 21.9. The quantitative estimate of drug-likeness (QED) is 0.168. The Morgan fingerprint density at radius 3 is 1.33 bits per heavy atom. The predicted molar refractivity (Wildman–Crippen MR) is 261 cm³/mol. The van der Waals surface area contributed by atoms with Crippen LogP contribution in [0.1, 0.15) is 45.2 Å². The normalized spacial score (nSPS) is 14.2. The maximum absolute atomic E-state index is 5.42. The van der Waals surface area contributed by atoms with Crippen molar-refractivity contribution in [3.63, 3.8) is 0 Å². The smallest absolute Gasteiger partial charge is 0.238 e. The number of aromatic nitrogens is 5. The molecule has 3 heterocycles. The zero-order valence-corrected chi connectivity index (χ0v) is 35.8. The van der Waals surface area contributed by atoms with Crippen molar-refractivity contribution in [1.29, 1.82) is 0 Å². The van der Waals surface area contributed by atoms with Crippen LogP contribution in [-0.2, 0) is 10.8 Å². The summed E-state index contributed by atoms with van der Waals surface area (Å²) in [4.78, 5) is 16.1. The van der Waals surface area contributed by atoms with E-state index in [0.29, 0.717) is 17.6 Å². The third-order valence-corrected chi connectivity index (χ3v) is 13.4. The van der Waals surface area contributed by atoms with Crippen LogP contribution in [0.25, 0.3) is 100 Å². The van der Waals surface area contributed by atoms with Crippen molar-refractivity contribution in [3.05, 3.63) is 199 Å². The van der Waals surface area contributed by atoms with E-state index in [2.05, 4.69) is 213 Å². The highest BCUT2D eigenvalue weighted by molar-refractivity contribution is 6.23. The van der Waals surface area contributed by atoms with Gasteiger partial charge in [0.2, 0.25) is 5.95 Å². The van der Waals surface area contributed by atoms with Gasteiger partial charge in [-0.3, -0.25) is 4.57 Å². The van der Waals surface area contributed by atoms with Crippen LogP contribution in [0, 0.1) is 0 Å². The number of hydrogen-bond donors (Lipinski definition) is 0. The summed E-state index contributed by atoms with van der Waals surface area (Å²) < 4.78 is 4.77. The molecule has 0 radical (unpaired) electrons. The molecule has 12 rings (SSSR count). The van der Waals surface area contributed by atoms with E-state index in [9.17, 15) is 0 Å². The Bertz CT molecular complexity index is 3460. The zero-order chi connectivity index (χ0) is 42.5. The first-order chi connectivity index (χ1) is 30.7. The lowest BCUT2D eigenvalue weighted by atomic mass is 9.82. The van der Waals surface area contributed by atoms with Gasteiger partial charge in [-0.05, 0) is 74.9 Å². The van der Waals surface area contributed by atoms with Crippen LogP contribution in [0.5, 0.6) is 0 Å². The molecule has 5 nitrogen and oxygen atoms in total.